The van der Waals surface area contributed by atoms with E-state index in [0.29, 0.717) is 0 Å². The minimum absolute atomic E-state index is 0.0453. The number of hydrogen-bond acceptors (Lipinski definition) is 9. The van der Waals surface area contributed by atoms with Gasteiger partial charge in [-0.15, -0.1) is 0 Å². The minimum atomic E-state index is -1.15. The van der Waals surface area contributed by atoms with E-state index in [1.807, 2.05) is 0 Å². The molecule has 2 heterocycles. The third-order valence-corrected chi connectivity index (χ3v) is 4.39. The van der Waals surface area contributed by atoms with Gasteiger partial charge in [0.05, 0.1) is 23.5 Å². The lowest BCUT2D eigenvalue weighted by atomic mass is 9.80. The van der Waals surface area contributed by atoms with Gasteiger partial charge in [0.1, 0.15) is 11.3 Å². The smallest absolute Gasteiger partial charge is 0.340 e. The second-order valence-electron chi connectivity index (χ2n) is 6.08. The van der Waals surface area contributed by atoms with Crippen molar-refractivity contribution >= 4 is 17.4 Å². The molecule has 0 amide bonds. The van der Waals surface area contributed by atoms with E-state index >= 15 is 0 Å². The van der Waals surface area contributed by atoms with Gasteiger partial charge in [0.2, 0.25) is 12.7 Å². The van der Waals surface area contributed by atoms with E-state index in [9.17, 15) is 19.7 Å². The molecular weight excluding hydrogens is 372 g/mol. The number of carbonyl (C=O) groups is 2. The molecule has 2 aliphatic rings. The number of nitrogens with two attached hydrogens (primary N) is 1. The molecular formula is C18H18N2O8. The van der Waals surface area contributed by atoms with Crippen LogP contribution in [0.4, 0.5) is 5.69 Å². The molecule has 0 spiro atoms. The van der Waals surface area contributed by atoms with E-state index in [4.69, 9.17) is 24.7 Å². The summed E-state index contributed by atoms with van der Waals surface area (Å²) in [6.07, 6.45) is 0. The fraction of sp³-hybridized carbons (Fsp3) is 0.333. The number of benzene rings is 1. The van der Waals surface area contributed by atoms with Gasteiger partial charge < -0.3 is 24.7 Å². The molecule has 0 saturated heterocycles. The van der Waals surface area contributed by atoms with E-state index in [0.717, 1.165) is 0 Å². The van der Waals surface area contributed by atoms with Crippen molar-refractivity contribution in [1.29, 1.82) is 0 Å². The second-order valence-corrected chi connectivity index (χ2v) is 6.08. The summed E-state index contributed by atoms with van der Waals surface area (Å²) in [5.74, 6) is -2.09. The lowest BCUT2D eigenvalue weighted by Crippen LogP contribution is -2.29. The Morgan fingerprint density at radius 1 is 1.29 bits per heavy atom. The van der Waals surface area contributed by atoms with E-state index in [2.05, 4.69) is 0 Å². The number of nitro benzene ring substituents is 1. The van der Waals surface area contributed by atoms with Gasteiger partial charge in [-0.1, -0.05) is 0 Å². The van der Waals surface area contributed by atoms with Gasteiger partial charge >= 0.3 is 5.97 Å². The summed E-state index contributed by atoms with van der Waals surface area (Å²) in [5, 5.41) is 11.7. The minimum Gasteiger partial charge on any atom is -0.462 e. The standard InChI is InChI=1S/C18H18N2O8/c1-4-25-18(22)16-15(14(8(2)21)9(3)28-17(16)19)10-5-12-13(27-7-26-12)6-11(10)20(23)24/h5-6,15H,4,7,19H2,1-3H3/t15-/m0/s1. The Labute approximate surface area is 159 Å². The van der Waals surface area contributed by atoms with Crippen LogP contribution in [0.5, 0.6) is 11.5 Å². The Hall–Kier alpha value is -3.56. The molecule has 1 aromatic carbocycles. The van der Waals surface area contributed by atoms with Crippen molar-refractivity contribution in [3.63, 3.8) is 0 Å². The molecule has 1 aromatic rings. The van der Waals surface area contributed by atoms with Crippen molar-refractivity contribution in [2.24, 2.45) is 5.73 Å². The third kappa shape index (κ3) is 3.13. The number of ketones is 1. The molecule has 1 atom stereocenters. The van der Waals surface area contributed by atoms with Gasteiger partial charge in [-0.3, -0.25) is 14.9 Å². The average molecular weight is 390 g/mol. The molecule has 10 nitrogen and oxygen atoms in total. The number of fused-ring (bicyclic) bond motifs is 1. The highest BCUT2D eigenvalue weighted by Crippen LogP contribution is 2.47. The van der Waals surface area contributed by atoms with Crippen LogP contribution in [-0.4, -0.2) is 30.1 Å². The lowest BCUT2D eigenvalue weighted by molar-refractivity contribution is -0.385. The molecule has 3 rings (SSSR count). The summed E-state index contributed by atoms with van der Waals surface area (Å²) >= 11 is 0. The molecule has 0 aromatic heterocycles. The number of rotatable bonds is 5. The fourth-order valence-electron chi connectivity index (χ4n) is 3.29. The maximum atomic E-state index is 12.6. The fourth-order valence-corrected chi connectivity index (χ4v) is 3.29. The van der Waals surface area contributed by atoms with Crippen LogP contribution in [0.3, 0.4) is 0 Å². The van der Waals surface area contributed by atoms with Gasteiger partial charge in [-0.2, -0.15) is 0 Å². The van der Waals surface area contributed by atoms with E-state index < -0.39 is 22.6 Å². The van der Waals surface area contributed by atoms with Crippen LogP contribution in [0.15, 0.2) is 34.9 Å². The van der Waals surface area contributed by atoms with Gasteiger partial charge in [0, 0.05) is 11.1 Å². The number of ether oxygens (including phenoxy) is 4. The number of carbonyl (C=O) groups excluding carboxylic acids is 2. The number of esters is 1. The Morgan fingerprint density at radius 2 is 1.93 bits per heavy atom. The normalized spacial score (nSPS) is 18.0. The van der Waals surface area contributed by atoms with Crippen molar-refractivity contribution < 1.29 is 33.5 Å². The first-order chi connectivity index (χ1) is 13.3. The molecule has 148 valence electrons. The molecule has 0 unspecified atom stereocenters. The number of nitrogens with zero attached hydrogens (tertiary/aromatic N) is 1. The van der Waals surface area contributed by atoms with Crippen LogP contribution in [0.2, 0.25) is 0 Å². The van der Waals surface area contributed by atoms with Crippen LogP contribution in [0, 0.1) is 10.1 Å². The predicted molar refractivity (Wildman–Crippen MR) is 94.3 cm³/mol. The van der Waals surface area contributed by atoms with Gasteiger partial charge in [0.15, 0.2) is 17.3 Å². The largest absolute Gasteiger partial charge is 0.462 e. The SMILES string of the molecule is CCOC(=O)C1=C(N)OC(C)=C(C(C)=O)[C@@H]1c1cc2c(cc1[N+](=O)[O-])OCO2. The number of allylic oxidation sites excluding steroid dienone is 2. The van der Waals surface area contributed by atoms with Crippen molar-refractivity contribution in [2.75, 3.05) is 13.4 Å². The first-order valence-electron chi connectivity index (χ1n) is 8.40. The van der Waals surface area contributed by atoms with E-state index in [-0.39, 0.29) is 58.9 Å². The Bertz CT molecular complexity index is 947. The topological polar surface area (TPSA) is 140 Å². The molecule has 0 fully saturated rings. The summed E-state index contributed by atoms with van der Waals surface area (Å²) in [6.45, 7) is 4.32. The molecule has 0 saturated carbocycles. The molecule has 0 bridgehead atoms. The summed E-state index contributed by atoms with van der Waals surface area (Å²) in [5.41, 5.74) is 5.50. The summed E-state index contributed by atoms with van der Waals surface area (Å²) < 4.78 is 20.9. The zero-order valence-electron chi connectivity index (χ0n) is 15.4. The molecule has 28 heavy (non-hydrogen) atoms. The summed E-state index contributed by atoms with van der Waals surface area (Å²) in [6, 6.07) is 2.57. The van der Waals surface area contributed by atoms with Crippen LogP contribution < -0.4 is 15.2 Å². The monoisotopic (exact) mass is 390 g/mol. The van der Waals surface area contributed by atoms with Gasteiger partial charge in [-0.05, 0) is 26.8 Å². The molecule has 2 N–H and O–H groups in total. The first-order valence-corrected chi connectivity index (χ1v) is 8.40. The van der Waals surface area contributed by atoms with Crippen molar-refractivity contribution in [1.82, 2.24) is 0 Å². The van der Waals surface area contributed by atoms with Crippen LogP contribution in [0.1, 0.15) is 32.3 Å². The number of Topliss-reactive ketones (excluding diaryl/α,β-unsaturated/α-hetero) is 1. The number of nitro groups is 1. The maximum absolute atomic E-state index is 12.6. The van der Waals surface area contributed by atoms with Crippen LogP contribution in [0.25, 0.3) is 0 Å². The van der Waals surface area contributed by atoms with E-state index in [1.54, 1.807) is 6.92 Å². The highest BCUT2D eigenvalue weighted by Gasteiger charge is 2.42. The van der Waals surface area contributed by atoms with E-state index in [1.165, 1.54) is 26.0 Å². The number of hydrogen-bond donors (Lipinski definition) is 1. The zero-order chi connectivity index (χ0) is 20.6. The zero-order valence-corrected chi connectivity index (χ0v) is 15.4. The predicted octanol–water partition coefficient (Wildman–Crippen LogP) is 2.03. The third-order valence-electron chi connectivity index (χ3n) is 4.39. The van der Waals surface area contributed by atoms with Crippen molar-refractivity contribution in [2.45, 2.75) is 26.7 Å². The second kappa shape index (κ2) is 7.22. The highest BCUT2D eigenvalue weighted by molar-refractivity contribution is 6.02. The first kappa shape index (κ1) is 19.2. The molecule has 2 aliphatic heterocycles. The summed E-state index contributed by atoms with van der Waals surface area (Å²) in [7, 11) is 0. The quantitative estimate of drug-likeness (QED) is 0.454. The lowest BCUT2D eigenvalue weighted by Gasteiger charge is -2.28. The van der Waals surface area contributed by atoms with Crippen molar-refractivity contribution in [3.8, 4) is 11.5 Å². The highest BCUT2D eigenvalue weighted by atomic mass is 16.7. The van der Waals surface area contributed by atoms with Crippen LogP contribution >= 0.6 is 0 Å². The molecule has 0 radical (unpaired) electrons. The van der Waals surface area contributed by atoms with Crippen molar-refractivity contribution in [3.05, 3.63) is 50.6 Å². The Kier molecular flexibility index (Phi) is 4.95. The molecule has 0 aliphatic carbocycles. The Balaban J connectivity index is 2.30. The molecule has 10 heteroatoms. The summed E-state index contributed by atoms with van der Waals surface area (Å²) in [4.78, 5) is 36.0. The van der Waals surface area contributed by atoms with Gasteiger partial charge in [-0.25, -0.2) is 4.79 Å². The maximum Gasteiger partial charge on any atom is 0.340 e. The van der Waals surface area contributed by atoms with Gasteiger partial charge in [0.25, 0.3) is 5.69 Å². The van der Waals surface area contributed by atoms with Crippen LogP contribution in [-0.2, 0) is 19.1 Å². The Morgan fingerprint density at radius 3 is 2.50 bits per heavy atom. The average Bonchev–Trinajstić information content (AvgIpc) is 3.06.